The first-order valence-corrected chi connectivity index (χ1v) is 8.78. The molecule has 0 aliphatic carbocycles. The van der Waals surface area contributed by atoms with Gasteiger partial charge in [-0.3, -0.25) is 4.90 Å². The lowest BCUT2D eigenvalue weighted by Crippen LogP contribution is -2.45. The Bertz CT molecular complexity index is 815. The second kappa shape index (κ2) is 6.61. The Hall–Kier alpha value is -2.18. The van der Waals surface area contributed by atoms with Crippen molar-refractivity contribution in [3.63, 3.8) is 0 Å². The quantitative estimate of drug-likeness (QED) is 0.858. The van der Waals surface area contributed by atoms with E-state index in [1.54, 1.807) is 4.90 Å². The molecule has 1 amide bonds. The van der Waals surface area contributed by atoms with E-state index in [-0.39, 0.29) is 6.09 Å². The summed E-state index contributed by atoms with van der Waals surface area (Å²) in [5.41, 5.74) is 4.27. The number of morpholine rings is 1. The van der Waals surface area contributed by atoms with Gasteiger partial charge in [0.1, 0.15) is 0 Å². The molecule has 0 radical (unpaired) electrons. The van der Waals surface area contributed by atoms with Crippen LogP contribution in [0, 0.1) is 13.8 Å². The summed E-state index contributed by atoms with van der Waals surface area (Å²) in [5.74, 6) is 0.448. The number of aromatic nitrogens is 1. The number of rotatable bonds is 3. The van der Waals surface area contributed by atoms with Crippen LogP contribution < -0.4 is 4.74 Å². The van der Waals surface area contributed by atoms with Gasteiger partial charge in [-0.1, -0.05) is 0 Å². The lowest BCUT2D eigenvalue weighted by atomic mass is 10.0. The van der Waals surface area contributed by atoms with E-state index in [2.05, 4.69) is 35.9 Å². The largest absolute Gasteiger partial charge is 0.416 e. The average molecular weight is 341 g/mol. The van der Waals surface area contributed by atoms with Crippen LogP contribution in [0.5, 0.6) is 5.88 Å². The Kier molecular flexibility index (Phi) is 4.31. The molecule has 3 heterocycles. The van der Waals surface area contributed by atoms with E-state index < -0.39 is 0 Å². The van der Waals surface area contributed by atoms with Crippen LogP contribution in [0.3, 0.4) is 0 Å². The first-order chi connectivity index (χ1) is 12.1. The zero-order valence-electron chi connectivity index (χ0n) is 14.7. The van der Waals surface area contributed by atoms with Gasteiger partial charge in [-0.25, -0.2) is 9.78 Å². The van der Waals surface area contributed by atoms with Crippen molar-refractivity contribution < 1.29 is 14.3 Å². The number of pyridine rings is 1. The van der Waals surface area contributed by atoms with Crippen LogP contribution in [0.1, 0.15) is 16.7 Å². The number of carbonyl (C=O) groups excluding carboxylic acids is 1. The molecule has 0 bridgehead atoms. The molecule has 2 aliphatic rings. The Morgan fingerprint density at radius 2 is 1.84 bits per heavy atom. The second-order valence-electron chi connectivity index (χ2n) is 6.83. The smallest absolute Gasteiger partial charge is 0.391 e. The Morgan fingerprint density at radius 1 is 1.08 bits per heavy atom. The molecule has 6 nitrogen and oxygen atoms in total. The molecular weight excluding hydrogens is 318 g/mol. The highest BCUT2D eigenvalue weighted by Crippen LogP contribution is 2.29. The molecule has 2 aromatic rings. The van der Waals surface area contributed by atoms with Crippen LogP contribution in [0.15, 0.2) is 18.2 Å². The molecule has 132 valence electrons. The van der Waals surface area contributed by atoms with Crippen LogP contribution in [0.4, 0.5) is 4.79 Å². The molecule has 2 aliphatic heterocycles. The van der Waals surface area contributed by atoms with Crippen LogP contribution >= 0.6 is 0 Å². The van der Waals surface area contributed by atoms with Gasteiger partial charge in [-0.05, 0) is 43.2 Å². The molecule has 1 aromatic carbocycles. The van der Waals surface area contributed by atoms with Gasteiger partial charge in [-0.2, -0.15) is 0 Å². The van der Waals surface area contributed by atoms with Gasteiger partial charge in [-0.15, -0.1) is 0 Å². The summed E-state index contributed by atoms with van der Waals surface area (Å²) in [6, 6.07) is 6.29. The maximum atomic E-state index is 12.3. The van der Waals surface area contributed by atoms with Gasteiger partial charge in [0.15, 0.2) is 0 Å². The zero-order chi connectivity index (χ0) is 17.4. The SMILES string of the molecule is Cc1cc2cc3c(nc2cc1C)OC(=O)N(CCN1CCOCC1)C3. The van der Waals surface area contributed by atoms with Crippen molar-refractivity contribution in [2.24, 2.45) is 0 Å². The zero-order valence-corrected chi connectivity index (χ0v) is 14.7. The highest BCUT2D eigenvalue weighted by molar-refractivity contribution is 5.83. The third-order valence-corrected chi connectivity index (χ3v) is 5.06. The Labute approximate surface area is 147 Å². The fraction of sp³-hybridized carbons (Fsp3) is 0.474. The maximum Gasteiger partial charge on any atom is 0.416 e. The van der Waals surface area contributed by atoms with E-state index >= 15 is 0 Å². The lowest BCUT2D eigenvalue weighted by molar-refractivity contribution is 0.0328. The van der Waals surface area contributed by atoms with Gasteiger partial charge in [0.25, 0.3) is 0 Å². The van der Waals surface area contributed by atoms with E-state index in [1.807, 2.05) is 6.07 Å². The van der Waals surface area contributed by atoms with Crippen LogP contribution in [0.2, 0.25) is 0 Å². The van der Waals surface area contributed by atoms with Crippen molar-refractivity contribution in [2.75, 3.05) is 39.4 Å². The van der Waals surface area contributed by atoms with Crippen molar-refractivity contribution in [3.05, 3.63) is 34.9 Å². The van der Waals surface area contributed by atoms with E-state index in [0.29, 0.717) is 19.0 Å². The predicted molar refractivity (Wildman–Crippen MR) is 94.9 cm³/mol. The number of benzene rings is 1. The van der Waals surface area contributed by atoms with Crippen LogP contribution in [-0.2, 0) is 11.3 Å². The summed E-state index contributed by atoms with van der Waals surface area (Å²) in [4.78, 5) is 20.9. The molecule has 1 aromatic heterocycles. The first-order valence-electron chi connectivity index (χ1n) is 8.78. The predicted octanol–water partition coefficient (Wildman–Crippen LogP) is 2.50. The number of amides is 1. The summed E-state index contributed by atoms with van der Waals surface area (Å²) in [6.45, 7) is 9.58. The summed E-state index contributed by atoms with van der Waals surface area (Å²) >= 11 is 0. The lowest BCUT2D eigenvalue weighted by Gasteiger charge is -2.31. The third kappa shape index (κ3) is 3.32. The molecule has 0 atom stereocenters. The number of carbonyl (C=O) groups is 1. The third-order valence-electron chi connectivity index (χ3n) is 5.06. The number of nitrogens with zero attached hydrogens (tertiary/aromatic N) is 3. The van der Waals surface area contributed by atoms with Crippen molar-refractivity contribution in [1.29, 1.82) is 0 Å². The maximum absolute atomic E-state index is 12.3. The van der Waals surface area contributed by atoms with E-state index in [1.165, 1.54) is 11.1 Å². The van der Waals surface area contributed by atoms with Crippen LogP contribution in [0.25, 0.3) is 10.9 Å². The topological polar surface area (TPSA) is 54.9 Å². The Balaban J connectivity index is 1.53. The highest BCUT2D eigenvalue weighted by Gasteiger charge is 2.27. The molecule has 6 heteroatoms. The van der Waals surface area contributed by atoms with Crippen molar-refractivity contribution in [3.8, 4) is 5.88 Å². The van der Waals surface area contributed by atoms with Gasteiger partial charge >= 0.3 is 6.09 Å². The molecule has 1 saturated heterocycles. The number of aryl methyl sites for hydroxylation is 2. The van der Waals surface area contributed by atoms with Gasteiger partial charge in [0, 0.05) is 37.1 Å². The summed E-state index contributed by atoms with van der Waals surface area (Å²) in [7, 11) is 0. The Morgan fingerprint density at radius 3 is 2.64 bits per heavy atom. The van der Waals surface area contributed by atoms with Gasteiger partial charge in [0.2, 0.25) is 5.88 Å². The minimum absolute atomic E-state index is 0.309. The molecule has 4 rings (SSSR count). The molecule has 0 unspecified atom stereocenters. The number of hydrogen-bond donors (Lipinski definition) is 0. The molecule has 0 N–H and O–H groups in total. The van der Waals surface area contributed by atoms with Gasteiger partial charge < -0.3 is 14.4 Å². The van der Waals surface area contributed by atoms with Gasteiger partial charge in [0.05, 0.1) is 25.3 Å². The summed E-state index contributed by atoms with van der Waals surface area (Å²) in [6.07, 6.45) is -0.309. The molecule has 0 spiro atoms. The average Bonchev–Trinajstić information content (AvgIpc) is 2.61. The van der Waals surface area contributed by atoms with Crippen molar-refractivity contribution >= 4 is 17.0 Å². The number of hydrogen-bond acceptors (Lipinski definition) is 5. The normalized spacial score (nSPS) is 18.3. The fourth-order valence-corrected chi connectivity index (χ4v) is 3.34. The monoisotopic (exact) mass is 341 g/mol. The first kappa shape index (κ1) is 16.3. The molecule has 1 fully saturated rings. The number of ether oxygens (including phenoxy) is 2. The van der Waals surface area contributed by atoms with E-state index in [0.717, 1.165) is 49.3 Å². The molecular formula is C19H23N3O3. The molecule has 0 saturated carbocycles. The highest BCUT2D eigenvalue weighted by atomic mass is 16.6. The number of fused-ring (bicyclic) bond motifs is 2. The van der Waals surface area contributed by atoms with Crippen molar-refractivity contribution in [1.82, 2.24) is 14.8 Å². The fourth-order valence-electron chi connectivity index (χ4n) is 3.34. The molecule has 25 heavy (non-hydrogen) atoms. The van der Waals surface area contributed by atoms with E-state index in [9.17, 15) is 4.79 Å². The minimum atomic E-state index is -0.309. The van der Waals surface area contributed by atoms with Crippen LogP contribution in [-0.4, -0.2) is 60.3 Å². The second-order valence-corrected chi connectivity index (χ2v) is 6.83. The van der Waals surface area contributed by atoms with E-state index in [4.69, 9.17) is 9.47 Å². The summed E-state index contributed by atoms with van der Waals surface area (Å²) in [5, 5.41) is 1.09. The van der Waals surface area contributed by atoms with Crippen molar-refractivity contribution in [2.45, 2.75) is 20.4 Å². The standard InChI is InChI=1S/C19H23N3O3/c1-13-9-15-11-16-12-22(4-3-21-5-7-24-8-6-21)19(23)25-18(16)20-17(15)10-14(13)2/h9-11H,3-8,12H2,1-2H3. The minimum Gasteiger partial charge on any atom is -0.391 e. The summed E-state index contributed by atoms with van der Waals surface area (Å²) < 4.78 is 10.9.